The van der Waals surface area contributed by atoms with Gasteiger partial charge in [0.15, 0.2) is 0 Å². The Bertz CT molecular complexity index is 1150. The highest BCUT2D eigenvalue weighted by Gasteiger charge is 2.14. The van der Waals surface area contributed by atoms with E-state index in [9.17, 15) is 4.79 Å². The minimum Gasteiger partial charge on any atom is -0.492 e. The van der Waals surface area contributed by atoms with Crippen LogP contribution in [0, 0.1) is 0 Å². The molecule has 9 heteroatoms. The van der Waals surface area contributed by atoms with E-state index < -0.39 is 0 Å². The molecule has 0 aliphatic rings. The van der Waals surface area contributed by atoms with Crippen LogP contribution in [0.5, 0.6) is 11.6 Å². The van der Waals surface area contributed by atoms with Gasteiger partial charge in [-0.15, -0.1) is 11.3 Å². The van der Waals surface area contributed by atoms with Crippen LogP contribution in [-0.2, 0) is 0 Å². The van der Waals surface area contributed by atoms with E-state index in [0.29, 0.717) is 36.8 Å². The molecule has 8 nitrogen and oxygen atoms in total. The third-order valence-electron chi connectivity index (χ3n) is 4.31. The van der Waals surface area contributed by atoms with Gasteiger partial charge in [0, 0.05) is 48.6 Å². The van der Waals surface area contributed by atoms with Crippen LogP contribution in [0.4, 0.5) is 0 Å². The fraction of sp³-hybridized carbons (Fsp3) is 0.190. The topological polar surface area (TPSA) is 99.1 Å². The number of nitrogens with one attached hydrogen (secondary N) is 1. The van der Waals surface area contributed by atoms with Gasteiger partial charge in [-0.3, -0.25) is 14.8 Å². The standard InChI is InChI=1S/C21H19N5O3S/c1-22-19(27)15-8-16(11-24-10-15)28-6-3-7-29-20-18-17(14-4-2-5-23-9-14)12-30-21(18)26-13-25-20/h2,4-5,8-13H,3,6-7H2,1H3,(H,22,27). The summed E-state index contributed by atoms with van der Waals surface area (Å²) in [7, 11) is 1.57. The zero-order chi connectivity index (χ0) is 20.8. The Labute approximate surface area is 177 Å². The number of ether oxygens (including phenoxy) is 2. The van der Waals surface area contributed by atoms with Crippen LogP contribution >= 0.6 is 11.3 Å². The molecule has 0 radical (unpaired) electrons. The van der Waals surface area contributed by atoms with Crippen molar-refractivity contribution in [2.75, 3.05) is 20.3 Å². The first-order valence-corrected chi connectivity index (χ1v) is 10.2. The molecule has 152 valence electrons. The minimum atomic E-state index is -0.204. The molecule has 0 fully saturated rings. The molecule has 0 spiro atoms. The fourth-order valence-corrected chi connectivity index (χ4v) is 3.78. The summed E-state index contributed by atoms with van der Waals surface area (Å²) in [6.45, 7) is 0.850. The van der Waals surface area contributed by atoms with Crippen LogP contribution in [0.15, 0.2) is 54.7 Å². The van der Waals surface area contributed by atoms with Crippen LogP contribution in [0.25, 0.3) is 21.3 Å². The molecule has 4 aromatic rings. The molecule has 1 N–H and O–H groups in total. The lowest BCUT2D eigenvalue weighted by Crippen LogP contribution is -2.18. The van der Waals surface area contributed by atoms with Crippen molar-refractivity contribution < 1.29 is 14.3 Å². The monoisotopic (exact) mass is 421 g/mol. The maximum Gasteiger partial charge on any atom is 0.252 e. The number of amides is 1. The molecule has 4 heterocycles. The van der Waals surface area contributed by atoms with E-state index in [4.69, 9.17) is 9.47 Å². The number of thiophene rings is 1. The van der Waals surface area contributed by atoms with E-state index in [-0.39, 0.29) is 5.91 Å². The van der Waals surface area contributed by atoms with E-state index >= 15 is 0 Å². The highest BCUT2D eigenvalue weighted by molar-refractivity contribution is 7.17. The number of carbonyl (C=O) groups is 1. The number of hydrogen-bond acceptors (Lipinski definition) is 8. The average Bonchev–Trinajstić information content (AvgIpc) is 3.24. The second kappa shape index (κ2) is 9.27. The van der Waals surface area contributed by atoms with E-state index in [1.807, 2.05) is 23.7 Å². The van der Waals surface area contributed by atoms with Crippen molar-refractivity contribution in [2.45, 2.75) is 6.42 Å². The van der Waals surface area contributed by atoms with Crippen molar-refractivity contribution in [3.8, 4) is 22.8 Å². The summed E-state index contributed by atoms with van der Waals surface area (Å²) in [4.78, 5) is 29.4. The van der Waals surface area contributed by atoms with Crippen LogP contribution in [0.3, 0.4) is 0 Å². The summed E-state index contributed by atoms with van der Waals surface area (Å²) < 4.78 is 11.6. The summed E-state index contributed by atoms with van der Waals surface area (Å²) in [6, 6.07) is 5.56. The first kappa shape index (κ1) is 19.7. The normalized spacial score (nSPS) is 10.7. The van der Waals surface area contributed by atoms with Gasteiger partial charge >= 0.3 is 0 Å². The molecule has 0 aromatic carbocycles. The third kappa shape index (κ3) is 4.36. The number of pyridine rings is 2. The Hall–Kier alpha value is -3.59. The van der Waals surface area contributed by atoms with Crippen LogP contribution in [-0.4, -0.2) is 46.1 Å². The largest absolute Gasteiger partial charge is 0.492 e. The van der Waals surface area contributed by atoms with Crippen LogP contribution in [0.1, 0.15) is 16.8 Å². The molecule has 0 aliphatic heterocycles. The first-order chi connectivity index (χ1) is 14.8. The van der Waals surface area contributed by atoms with Crippen molar-refractivity contribution in [1.82, 2.24) is 25.3 Å². The van der Waals surface area contributed by atoms with Crippen molar-refractivity contribution in [2.24, 2.45) is 0 Å². The maximum atomic E-state index is 11.7. The molecule has 4 rings (SSSR count). The van der Waals surface area contributed by atoms with Gasteiger partial charge in [-0.2, -0.15) is 0 Å². The lowest BCUT2D eigenvalue weighted by atomic mass is 10.1. The predicted molar refractivity (Wildman–Crippen MR) is 114 cm³/mol. The minimum absolute atomic E-state index is 0.204. The number of carbonyl (C=O) groups excluding carboxylic acids is 1. The molecule has 0 aliphatic carbocycles. The van der Waals surface area contributed by atoms with Gasteiger partial charge in [-0.05, 0) is 12.1 Å². The molecule has 4 aromatic heterocycles. The molecular weight excluding hydrogens is 402 g/mol. The lowest BCUT2D eigenvalue weighted by Gasteiger charge is -2.09. The van der Waals surface area contributed by atoms with Crippen molar-refractivity contribution in [3.05, 3.63) is 60.3 Å². The van der Waals surface area contributed by atoms with Crippen LogP contribution < -0.4 is 14.8 Å². The van der Waals surface area contributed by atoms with Crippen LogP contribution in [0.2, 0.25) is 0 Å². The molecular formula is C21H19N5O3S. The number of nitrogens with zero attached hydrogens (tertiary/aromatic N) is 4. The second-order valence-electron chi connectivity index (χ2n) is 6.29. The molecule has 0 saturated heterocycles. The van der Waals surface area contributed by atoms with E-state index in [0.717, 1.165) is 21.3 Å². The summed E-state index contributed by atoms with van der Waals surface area (Å²) in [5.41, 5.74) is 2.46. The van der Waals surface area contributed by atoms with Gasteiger partial charge in [0.05, 0.1) is 30.4 Å². The number of fused-ring (bicyclic) bond motifs is 1. The van der Waals surface area contributed by atoms with E-state index in [1.54, 1.807) is 36.8 Å². The lowest BCUT2D eigenvalue weighted by molar-refractivity contribution is 0.0962. The third-order valence-corrected chi connectivity index (χ3v) is 5.19. The van der Waals surface area contributed by atoms with Gasteiger partial charge in [0.1, 0.15) is 16.9 Å². The SMILES string of the molecule is CNC(=O)c1cncc(OCCCOc2ncnc3scc(-c4cccnc4)c23)c1. The van der Waals surface area contributed by atoms with Gasteiger partial charge in [0.2, 0.25) is 5.88 Å². The molecule has 0 saturated carbocycles. The average molecular weight is 421 g/mol. The van der Waals surface area contributed by atoms with Crippen molar-refractivity contribution in [3.63, 3.8) is 0 Å². The number of aromatic nitrogens is 4. The molecule has 1 amide bonds. The Morgan fingerprint density at radius 2 is 2.03 bits per heavy atom. The maximum absolute atomic E-state index is 11.7. The van der Waals surface area contributed by atoms with Crippen molar-refractivity contribution in [1.29, 1.82) is 0 Å². The predicted octanol–water partition coefficient (Wildman–Crippen LogP) is 3.36. The molecule has 30 heavy (non-hydrogen) atoms. The van der Waals surface area contributed by atoms with Gasteiger partial charge < -0.3 is 14.8 Å². The Morgan fingerprint density at radius 3 is 2.87 bits per heavy atom. The summed E-state index contributed by atoms with van der Waals surface area (Å²) in [6.07, 6.45) is 8.78. The van der Waals surface area contributed by atoms with Gasteiger partial charge in [-0.1, -0.05) is 6.07 Å². The zero-order valence-corrected chi connectivity index (χ0v) is 17.1. The highest BCUT2D eigenvalue weighted by Crippen LogP contribution is 2.37. The zero-order valence-electron chi connectivity index (χ0n) is 16.2. The quantitative estimate of drug-likeness (QED) is 0.436. The summed E-state index contributed by atoms with van der Waals surface area (Å²) >= 11 is 1.55. The summed E-state index contributed by atoms with van der Waals surface area (Å²) in [5, 5.41) is 5.49. The smallest absolute Gasteiger partial charge is 0.252 e. The number of hydrogen-bond donors (Lipinski definition) is 1. The molecule has 0 atom stereocenters. The summed E-state index contributed by atoms with van der Waals surface area (Å²) in [5.74, 6) is 0.879. The van der Waals surface area contributed by atoms with E-state index in [1.165, 1.54) is 12.5 Å². The number of rotatable bonds is 8. The van der Waals surface area contributed by atoms with E-state index in [2.05, 4.69) is 25.3 Å². The first-order valence-electron chi connectivity index (χ1n) is 9.31. The fourth-order valence-electron chi connectivity index (χ4n) is 2.88. The second-order valence-corrected chi connectivity index (χ2v) is 7.15. The molecule has 0 bridgehead atoms. The Morgan fingerprint density at radius 1 is 1.13 bits per heavy atom. The van der Waals surface area contributed by atoms with Gasteiger partial charge in [0.25, 0.3) is 5.91 Å². The van der Waals surface area contributed by atoms with Crippen molar-refractivity contribution >= 4 is 27.5 Å². The van der Waals surface area contributed by atoms with Gasteiger partial charge in [-0.25, -0.2) is 9.97 Å². The highest BCUT2D eigenvalue weighted by atomic mass is 32.1. The Balaban J connectivity index is 1.38. The molecule has 0 unspecified atom stereocenters. The Kier molecular flexibility index (Phi) is 6.09.